The summed E-state index contributed by atoms with van der Waals surface area (Å²) < 4.78 is 53.0. The largest absolute Gasteiger partial charge is 0.496 e. The van der Waals surface area contributed by atoms with Gasteiger partial charge in [-0.1, -0.05) is 51.0 Å². The number of hydrogen-bond donors (Lipinski definition) is 0. The van der Waals surface area contributed by atoms with Gasteiger partial charge in [-0.3, -0.25) is 0 Å². The summed E-state index contributed by atoms with van der Waals surface area (Å²) >= 11 is 1.35. The third kappa shape index (κ3) is 8.26. The van der Waals surface area contributed by atoms with Crippen molar-refractivity contribution in [1.82, 2.24) is 0 Å². The van der Waals surface area contributed by atoms with Crippen molar-refractivity contribution in [2.24, 2.45) is 0 Å². The van der Waals surface area contributed by atoms with Crippen LogP contribution < -0.4 is 9.64 Å². The molecule has 2 aromatic rings. The number of hydrogen-bond acceptors (Lipinski definition) is 5. The zero-order valence-corrected chi connectivity index (χ0v) is 26.6. The molecule has 10 heteroatoms. The number of alkyl halides is 3. The lowest BCUT2D eigenvalue weighted by Gasteiger charge is -2.29. The van der Waals surface area contributed by atoms with Crippen LogP contribution in [0.15, 0.2) is 71.3 Å². The third-order valence-electron chi connectivity index (χ3n) is 7.23. The van der Waals surface area contributed by atoms with E-state index in [4.69, 9.17) is 22.6 Å². The van der Waals surface area contributed by atoms with Gasteiger partial charge in [0, 0.05) is 45.7 Å². The predicted octanol–water partition coefficient (Wildman–Crippen LogP) is 10.1. The lowest BCUT2D eigenvalue weighted by Crippen LogP contribution is -2.43. The summed E-state index contributed by atoms with van der Waals surface area (Å²) in [4.78, 5) is 10.0. The van der Waals surface area contributed by atoms with Crippen molar-refractivity contribution in [3.63, 3.8) is 0 Å². The Kier molecular flexibility index (Phi) is 12.2. The van der Waals surface area contributed by atoms with Crippen molar-refractivity contribution in [3.8, 4) is 11.8 Å². The van der Waals surface area contributed by atoms with E-state index in [2.05, 4.69) is 40.6 Å². The van der Waals surface area contributed by atoms with Gasteiger partial charge in [-0.2, -0.15) is 13.2 Å². The Morgan fingerprint density at radius 1 is 1.04 bits per heavy atom. The predicted molar refractivity (Wildman–Crippen MR) is 175 cm³/mol. The van der Waals surface area contributed by atoms with Crippen LogP contribution in [0.2, 0.25) is 0 Å². The van der Waals surface area contributed by atoms with Crippen LogP contribution in [0, 0.1) is 24.5 Å². The van der Waals surface area contributed by atoms with Crippen molar-refractivity contribution >= 4 is 35.3 Å². The van der Waals surface area contributed by atoms with E-state index < -0.39 is 34.5 Å². The van der Waals surface area contributed by atoms with Gasteiger partial charge in [0.15, 0.2) is 0 Å². The summed E-state index contributed by atoms with van der Waals surface area (Å²) in [5.41, 5.74) is -2.45. The highest BCUT2D eigenvalue weighted by Gasteiger charge is 2.60. The van der Waals surface area contributed by atoms with Crippen molar-refractivity contribution in [1.29, 1.82) is 5.26 Å². The van der Waals surface area contributed by atoms with Gasteiger partial charge in [-0.25, -0.2) is 15.0 Å². The SMILES string of the molecule is [C-]#[N+]C1=C(/C=C/c2ccc(/C=C/C=C/c3ccc(N(CCCC)CCCC)cc3OC)s2)C(C)(C(F)(F)F)O/C1=C(\C#N)[N+]#[C-]. The van der Waals surface area contributed by atoms with E-state index in [1.54, 1.807) is 13.2 Å². The number of rotatable bonds is 13. The van der Waals surface area contributed by atoms with Gasteiger partial charge in [0.05, 0.1) is 26.3 Å². The van der Waals surface area contributed by atoms with Crippen molar-refractivity contribution in [2.45, 2.75) is 58.2 Å². The van der Waals surface area contributed by atoms with Crippen molar-refractivity contribution in [3.05, 3.63) is 109 Å². The summed E-state index contributed by atoms with van der Waals surface area (Å²) in [5.74, 6) is 0.130. The number of nitriles is 1. The van der Waals surface area contributed by atoms with Crippen LogP contribution in [0.1, 0.15) is 61.8 Å². The quantitative estimate of drug-likeness (QED) is 0.125. The van der Waals surface area contributed by atoms with E-state index in [-0.39, 0.29) is 0 Å². The Balaban J connectivity index is 1.80. The van der Waals surface area contributed by atoms with Gasteiger partial charge in [-0.05, 0) is 56.2 Å². The summed E-state index contributed by atoms with van der Waals surface area (Å²) in [5, 5.41) is 9.19. The number of halogens is 3. The standard InChI is InChI=1S/C35H35F3N4O2S/c1-7-9-21-42(22-10-8-2)26-16-15-25(31(23-26)43-6)13-11-12-14-27-17-18-28(45-27)19-20-29-32(41-5)33(30(24-39)40-4)44-34(29,3)35(36,37)38/h11-20,23H,7-10,21-22H2,1-3,6H3/b13-11+,14-12+,20-19+,33-30+. The molecular formula is C35H35F3N4O2S. The fraction of sp³-hybridized carbons (Fsp3) is 0.343. The fourth-order valence-corrected chi connectivity index (χ4v) is 5.45. The van der Waals surface area contributed by atoms with E-state index >= 15 is 0 Å². The number of thiophene rings is 1. The van der Waals surface area contributed by atoms with E-state index in [9.17, 15) is 18.4 Å². The van der Waals surface area contributed by atoms with Gasteiger partial charge in [-0.15, -0.1) is 11.3 Å². The average Bonchev–Trinajstić information content (AvgIpc) is 3.60. The molecule has 0 radical (unpaired) electrons. The molecule has 1 aromatic heterocycles. The second kappa shape index (κ2) is 15.8. The van der Waals surface area contributed by atoms with Gasteiger partial charge in [0.1, 0.15) is 11.5 Å². The topological polar surface area (TPSA) is 54.2 Å². The molecule has 1 aliphatic heterocycles. The molecule has 1 unspecified atom stereocenters. The first kappa shape index (κ1) is 34.8. The average molecular weight is 633 g/mol. The lowest BCUT2D eigenvalue weighted by atomic mass is 9.94. The highest BCUT2D eigenvalue weighted by molar-refractivity contribution is 7.13. The molecule has 2 heterocycles. The van der Waals surface area contributed by atoms with E-state index in [1.165, 1.54) is 29.6 Å². The summed E-state index contributed by atoms with van der Waals surface area (Å²) in [6, 6.07) is 11.3. The van der Waals surface area contributed by atoms with E-state index in [0.29, 0.717) is 4.88 Å². The molecule has 0 bridgehead atoms. The number of allylic oxidation sites excluding steroid dienone is 3. The van der Waals surface area contributed by atoms with Gasteiger partial charge < -0.3 is 14.4 Å². The molecule has 0 fully saturated rings. The summed E-state index contributed by atoms with van der Waals surface area (Å²) in [6.07, 6.45) is 9.88. The molecule has 0 saturated heterocycles. The maximum absolute atomic E-state index is 14.1. The van der Waals surface area contributed by atoms with Crippen molar-refractivity contribution in [2.75, 3.05) is 25.1 Å². The summed E-state index contributed by atoms with van der Waals surface area (Å²) in [6.45, 7) is 21.7. The zero-order chi connectivity index (χ0) is 33.0. The lowest BCUT2D eigenvalue weighted by molar-refractivity contribution is -0.236. The molecule has 3 rings (SSSR count). The smallest absolute Gasteiger partial charge is 0.430 e. The Labute approximate surface area is 267 Å². The Bertz CT molecular complexity index is 1620. The molecule has 0 saturated carbocycles. The van der Waals surface area contributed by atoms with Crippen LogP contribution >= 0.6 is 11.3 Å². The second-order valence-corrected chi connectivity index (χ2v) is 11.5. The molecule has 234 valence electrons. The number of benzene rings is 1. The van der Waals surface area contributed by atoms with Crippen LogP contribution in [0.3, 0.4) is 0 Å². The molecule has 0 aliphatic carbocycles. The van der Waals surface area contributed by atoms with Gasteiger partial charge >= 0.3 is 6.18 Å². The van der Waals surface area contributed by atoms with Crippen LogP contribution in [-0.2, 0) is 4.74 Å². The first-order valence-electron chi connectivity index (χ1n) is 14.5. The number of ether oxygens (including phenoxy) is 2. The number of anilines is 1. The molecular weight excluding hydrogens is 597 g/mol. The molecule has 0 amide bonds. The minimum Gasteiger partial charge on any atom is -0.496 e. The van der Waals surface area contributed by atoms with E-state index in [0.717, 1.165) is 67.6 Å². The Morgan fingerprint density at radius 2 is 1.69 bits per heavy atom. The van der Waals surface area contributed by atoms with E-state index in [1.807, 2.05) is 36.4 Å². The first-order chi connectivity index (χ1) is 21.6. The Morgan fingerprint density at radius 3 is 2.24 bits per heavy atom. The van der Waals surface area contributed by atoms with Gasteiger partial charge in [0.25, 0.3) is 5.70 Å². The molecule has 45 heavy (non-hydrogen) atoms. The highest BCUT2D eigenvalue weighted by atomic mass is 32.1. The van der Waals surface area contributed by atoms with Crippen LogP contribution in [0.5, 0.6) is 5.75 Å². The van der Waals surface area contributed by atoms with Gasteiger partial charge in [0.2, 0.25) is 11.3 Å². The number of unbranched alkanes of at least 4 members (excludes halogenated alkanes) is 2. The monoisotopic (exact) mass is 632 g/mol. The fourth-order valence-electron chi connectivity index (χ4n) is 4.63. The van der Waals surface area contributed by atoms with Crippen LogP contribution in [0.4, 0.5) is 18.9 Å². The molecule has 1 aromatic carbocycles. The molecule has 6 nitrogen and oxygen atoms in total. The Hall–Kier alpha value is -4.72. The van der Waals surface area contributed by atoms with Crippen molar-refractivity contribution < 1.29 is 22.6 Å². The molecule has 1 atom stereocenters. The minimum atomic E-state index is -4.89. The first-order valence-corrected chi connectivity index (χ1v) is 15.3. The molecule has 0 spiro atoms. The normalized spacial score (nSPS) is 17.9. The van der Waals surface area contributed by atoms with Crippen LogP contribution in [-0.4, -0.2) is 32.0 Å². The highest BCUT2D eigenvalue weighted by Crippen LogP contribution is 2.50. The second-order valence-electron chi connectivity index (χ2n) is 10.3. The number of nitrogens with zero attached hydrogens (tertiary/aromatic N) is 4. The molecule has 0 N–H and O–H groups in total. The minimum absolute atomic E-state index is 0.455. The number of methoxy groups -OCH3 is 1. The maximum atomic E-state index is 14.1. The maximum Gasteiger partial charge on any atom is 0.430 e. The van der Waals surface area contributed by atoms with Crippen LogP contribution in [0.25, 0.3) is 27.9 Å². The summed E-state index contributed by atoms with van der Waals surface area (Å²) in [7, 11) is 1.66. The third-order valence-corrected chi connectivity index (χ3v) is 8.25. The zero-order valence-electron chi connectivity index (χ0n) is 25.7. The molecule has 1 aliphatic rings.